The molecule has 0 aliphatic heterocycles. The lowest BCUT2D eigenvalue weighted by Gasteiger charge is -2.23. The van der Waals surface area contributed by atoms with Crippen molar-refractivity contribution >= 4 is 11.8 Å². The zero-order valence-electron chi connectivity index (χ0n) is 9.33. The summed E-state index contributed by atoms with van der Waals surface area (Å²) in [4.78, 5) is 0. The molecule has 0 fully saturated rings. The molecule has 0 aromatic carbocycles. The summed E-state index contributed by atoms with van der Waals surface area (Å²) in [5.41, 5.74) is 1.29. The highest BCUT2D eigenvalue weighted by Gasteiger charge is 2.19. The zero-order chi connectivity index (χ0) is 10.4. The van der Waals surface area contributed by atoms with Gasteiger partial charge in [-0.25, -0.2) is 0 Å². The second-order valence-electron chi connectivity index (χ2n) is 4.11. The normalized spacial score (nSPS) is 21.5. The van der Waals surface area contributed by atoms with Crippen molar-refractivity contribution in [3.63, 3.8) is 0 Å². The summed E-state index contributed by atoms with van der Waals surface area (Å²) < 4.78 is 0. The lowest BCUT2D eigenvalue weighted by atomic mass is 9.90. The van der Waals surface area contributed by atoms with Crippen LogP contribution in [0.1, 0.15) is 39.5 Å². The molecule has 1 aliphatic carbocycles. The van der Waals surface area contributed by atoms with Crippen LogP contribution in [0.15, 0.2) is 11.6 Å². The average Bonchev–Trinajstić information content (AvgIpc) is 2.26. The third-order valence-corrected chi connectivity index (χ3v) is 4.00. The van der Waals surface area contributed by atoms with Crippen molar-refractivity contribution in [2.75, 3.05) is 11.5 Å². The molecule has 0 unspecified atom stereocenters. The molecule has 0 saturated carbocycles. The lowest BCUT2D eigenvalue weighted by Crippen LogP contribution is -2.23. The van der Waals surface area contributed by atoms with Gasteiger partial charge in [0.05, 0.1) is 6.10 Å². The Hall–Kier alpha value is 0.0500. The van der Waals surface area contributed by atoms with Crippen LogP contribution in [0.25, 0.3) is 0 Å². The van der Waals surface area contributed by atoms with Gasteiger partial charge in [0.1, 0.15) is 0 Å². The topological polar surface area (TPSA) is 20.2 Å². The third-order valence-electron chi connectivity index (χ3n) is 2.83. The number of hydrogen-bond donors (Lipinski definition) is 1. The van der Waals surface area contributed by atoms with E-state index in [1.807, 2.05) is 11.8 Å². The van der Waals surface area contributed by atoms with E-state index in [1.54, 1.807) is 0 Å². The van der Waals surface area contributed by atoms with Crippen LogP contribution in [0.5, 0.6) is 0 Å². The van der Waals surface area contributed by atoms with E-state index in [9.17, 15) is 5.11 Å². The van der Waals surface area contributed by atoms with Gasteiger partial charge in [-0.2, -0.15) is 11.8 Å². The van der Waals surface area contributed by atoms with Crippen LogP contribution in [-0.4, -0.2) is 22.7 Å². The molecule has 82 valence electrons. The Labute approximate surface area is 92.0 Å². The average molecular weight is 214 g/mol. The largest absolute Gasteiger partial charge is 0.388 e. The first kappa shape index (κ1) is 12.1. The van der Waals surface area contributed by atoms with E-state index < -0.39 is 0 Å². The minimum Gasteiger partial charge on any atom is -0.388 e. The molecular weight excluding hydrogens is 192 g/mol. The van der Waals surface area contributed by atoms with Crippen LogP contribution in [-0.2, 0) is 0 Å². The molecule has 0 spiro atoms. The summed E-state index contributed by atoms with van der Waals surface area (Å²) >= 11 is 1.92. The number of allylic oxidation sites excluding steroid dienone is 1. The predicted molar refractivity (Wildman–Crippen MR) is 64.7 cm³/mol. The fraction of sp³-hybridized carbons (Fsp3) is 0.833. The second kappa shape index (κ2) is 6.52. The van der Waals surface area contributed by atoms with Crippen LogP contribution >= 0.6 is 11.8 Å². The van der Waals surface area contributed by atoms with Crippen molar-refractivity contribution in [2.45, 2.75) is 45.6 Å². The van der Waals surface area contributed by atoms with Gasteiger partial charge in [-0.15, -0.1) is 0 Å². The van der Waals surface area contributed by atoms with Gasteiger partial charge < -0.3 is 5.11 Å². The molecule has 0 radical (unpaired) electrons. The van der Waals surface area contributed by atoms with E-state index >= 15 is 0 Å². The molecular formula is C12H22OS. The van der Waals surface area contributed by atoms with E-state index in [4.69, 9.17) is 0 Å². The van der Waals surface area contributed by atoms with Crippen LogP contribution < -0.4 is 0 Å². The summed E-state index contributed by atoms with van der Waals surface area (Å²) in [7, 11) is 0. The maximum atomic E-state index is 10.1. The molecule has 0 bridgehead atoms. The summed E-state index contributed by atoms with van der Waals surface area (Å²) in [5.74, 6) is 2.63. The minimum atomic E-state index is -0.186. The first-order chi connectivity index (χ1) is 6.75. The highest BCUT2D eigenvalue weighted by atomic mass is 32.2. The summed E-state index contributed by atoms with van der Waals surface area (Å²) in [6.45, 7) is 4.33. The molecule has 0 saturated heterocycles. The van der Waals surface area contributed by atoms with E-state index in [2.05, 4.69) is 19.9 Å². The maximum Gasteiger partial charge on any atom is 0.0783 e. The van der Waals surface area contributed by atoms with Gasteiger partial charge in [0, 0.05) is 0 Å². The number of rotatable bonds is 5. The van der Waals surface area contributed by atoms with E-state index in [1.165, 1.54) is 24.8 Å². The first-order valence-corrected chi connectivity index (χ1v) is 6.86. The lowest BCUT2D eigenvalue weighted by molar-refractivity contribution is 0.156. The first-order valence-electron chi connectivity index (χ1n) is 5.70. The number of hydrogen-bond acceptors (Lipinski definition) is 2. The molecule has 0 heterocycles. The molecule has 2 atom stereocenters. The van der Waals surface area contributed by atoms with Gasteiger partial charge >= 0.3 is 0 Å². The van der Waals surface area contributed by atoms with Crippen LogP contribution in [0, 0.1) is 5.92 Å². The smallest absolute Gasteiger partial charge is 0.0783 e. The number of aliphatic hydroxyl groups excluding tert-OH is 1. The van der Waals surface area contributed by atoms with Crippen molar-refractivity contribution < 1.29 is 5.11 Å². The van der Waals surface area contributed by atoms with Crippen LogP contribution in [0.2, 0.25) is 0 Å². The summed E-state index contributed by atoms with van der Waals surface area (Å²) in [5, 5.41) is 10.1. The Bertz CT molecular complexity index is 189. The Kier molecular flexibility index (Phi) is 5.64. The van der Waals surface area contributed by atoms with Crippen LogP contribution in [0.4, 0.5) is 0 Å². The summed E-state index contributed by atoms with van der Waals surface area (Å²) in [6, 6.07) is 0. The fourth-order valence-electron chi connectivity index (χ4n) is 1.89. The van der Waals surface area contributed by atoms with Crippen molar-refractivity contribution in [3.8, 4) is 0 Å². The maximum absolute atomic E-state index is 10.1. The Morgan fingerprint density at radius 1 is 1.50 bits per heavy atom. The second-order valence-corrected chi connectivity index (χ2v) is 5.43. The minimum absolute atomic E-state index is 0.186. The van der Waals surface area contributed by atoms with Gasteiger partial charge in [-0.1, -0.05) is 19.9 Å². The number of thioether (sulfide) groups is 1. The standard InChI is InChI=1S/C12H22OS/c1-3-14-9-10(2)12(13)11-7-5-4-6-8-11/h7,10,12-13H,3-6,8-9H2,1-2H3/t10-,12-/m1/s1. The fourth-order valence-corrected chi connectivity index (χ4v) is 2.68. The van der Waals surface area contributed by atoms with Gasteiger partial charge in [-0.3, -0.25) is 0 Å². The van der Waals surface area contributed by atoms with Crippen molar-refractivity contribution in [1.29, 1.82) is 0 Å². The molecule has 0 amide bonds. The van der Waals surface area contributed by atoms with Crippen molar-refractivity contribution in [3.05, 3.63) is 11.6 Å². The Morgan fingerprint density at radius 2 is 2.29 bits per heavy atom. The Balaban J connectivity index is 2.38. The van der Waals surface area contributed by atoms with Gasteiger partial charge in [0.25, 0.3) is 0 Å². The van der Waals surface area contributed by atoms with Crippen molar-refractivity contribution in [2.24, 2.45) is 5.92 Å². The Morgan fingerprint density at radius 3 is 2.86 bits per heavy atom. The van der Waals surface area contributed by atoms with E-state index in [0.717, 1.165) is 17.9 Å². The molecule has 14 heavy (non-hydrogen) atoms. The molecule has 1 nitrogen and oxygen atoms in total. The van der Waals surface area contributed by atoms with Gasteiger partial charge in [-0.05, 0) is 48.7 Å². The quantitative estimate of drug-likeness (QED) is 0.709. The molecule has 0 aromatic rings. The molecule has 1 aliphatic rings. The third kappa shape index (κ3) is 3.66. The van der Waals surface area contributed by atoms with Crippen LogP contribution in [0.3, 0.4) is 0 Å². The molecule has 0 aromatic heterocycles. The van der Waals surface area contributed by atoms with Crippen molar-refractivity contribution in [1.82, 2.24) is 0 Å². The van der Waals surface area contributed by atoms with E-state index in [-0.39, 0.29) is 6.10 Å². The molecule has 1 N–H and O–H groups in total. The molecule has 2 heteroatoms. The molecule has 1 rings (SSSR count). The predicted octanol–water partition coefficient (Wildman–Crippen LogP) is 3.24. The zero-order valence-corrected chi connectivity index (χ0v) is 10.1. The van der Waals surface area contributed by atoms with E-state index in [0.29, 0.717) is 5.92 Å². The van der Waals surface area contributed by atoms with Gasteiger partial charge in [0.15, 0.2) is 0 Å². The monoisotopic (exact) mass is 214 g/mol. The SMILES string of the molecule is CCSC[C@@H](C)[C@@H](O)C1=CCCCC1. The highest BCUT2D eigenvalue weighted by molar-refractivity contribution is 7.99. The highest BCUT2D eigenvalue weighted by Crippen LogP contribution is 2.25. The number of aliphatic hydroxyl groups is 1. The van der Waals surface area contributed by atoms with Gasteiger partial charge in [0.2, 0.25) is 0 Å². The summed E-state index contributed by atoms with van der Waals surface area (Å²) in [6.07, 6.45) is 6.91.